The second kappa shape index (κ2) is 12.0. The van der Waals surface area contributed by atoms with E-state index in [-0.39, 0.29) is 52.8 Å². The van der Waals surface area contributed by atoms with Crippen molar-refractivity contribution in [1.82, 2.24) is 0 Å². The molecule has 5 heteroatoms. The van der Waals surface area contributed by atoms with Crippen LogP contribution in [0.5, 0.6) is 0 Å². The molecule has 0 saturated carbocycles. The third kappa shape index (κ3) is 7.79. The first-order valence-electron chi connectivity index (χ1n) is 5.50. The molecule has 0 unspecified atom stereocenters. The van der Waals surface area contributed by atoms with Gasteiger partial charge in [-0.05, 0) is 20.3 Å². The van der Waals surface area contributed by atoms with Gasteiger partial charge in [0.15, 0.2) is 5.92 Å². The molecule has 0 aliphatic carbocycles. The first-order valence-corrected chi connectivity index (χ1v) is 5.50. The van der Waals surface area contributed by atoms with Crippen molar-refractivity contribution in [3.05, 3.63) is 0 Å². The van der Waals surface area contributed by atoms with Gasteiger partial charge in [-0.25, -0.2) is 0 Å². The van der Waals surface area contributed by atoms with Crippen LogP contribution in [0, 0.1) is 5.92 Å². The fraction of sp³-hybridized carbons (Fsp3) is 0.818. The molecule has 0 fully saturated rings. The van der Waals surface area contributed by atoms with E-state index in [1.807, 2.05) is 6.92 Å². The van der Waals surface area contributed by atoms with Crippen molar-refractivity contribution in [3.8, 4) is 0 Å². The molecule has 0 bridgehead atoms. The maximum Gasteiger partial charge on any atom is 1.00 e. The van der Waals surface area contributed by atoms with Crippen LogP contribution in [-0.2, 0) is 19.1 Å². The van der Waals surface area contributed by atoms with Gasteiger partial charge in [0.1, 0.15) is 0 Å². The Hall–Kier alpha value is 0.576. The Morgan fingerprint density at radius 1 is 1.06 bits per heavy atom. The van der Waals surface area contributed by atoms with E-state index in [0.29, 0.717) is 19.6 Å². The van der Waals surface area contributed by atoms with Gasteiger partial charge in [-0.15, -0.1) is 0 Å². The van der Waals surface area contributed by atoms with Crippen LogP contribution in [0.3, 0.4) is 0 Å². The Balaban J connectivity index is -0.000000980. The van der Waals surface area contributed by atoms with Gasteiger partial charge in [0.05, 0.1) is 13.2 Å². The quantitative estimate of drug-likeness (QED) is 0.334. The summed E-state index contributed by atoms with van der Waals surface area (Å²) in [5, 5.41) is 0. The fourth-order valence-corrected chi connectivity index (χ4v) is 1.23. The Morgan fingerprint density at radius 2 is 1.50 bits per heavy atom. The zero-order valence-corrected chi connectivity index (χ0v) is 13.9. The Bertz CT molecular complexity index is 194. The molecular formula is C11H21KO4. The molecule has 0 radical (unpaired) electrons. The third-order valence-corrected chi connectivity index (χ3v) is 1.99. The monoisotopic (exact) mass is 256 g/mol. The second-order valence-corrected chi connectivity index (χ2v) is 3.20. The summed E-state index contributed by atoms with van der Waals surface area (Å²) in [5.74, 6) is -1.68. The Morgan fingerprint density at radius 3 is 1.81 bits per heavy atom. The van der Waals surface area contributed by atoms with Crippen LogP contribution in [0.2, 0.25) is 0 Å². The molecule has 0 atom stereocenters. The number of rotatable bonds is 7. The van der Waals surface area contributed by atoms with E-state index in [1.54, 1.807) is 13.8 Å². The molecule has 4 nitrogen and oxygen atoms in total. The average molecular weight is 256 g/mol. The summed E-state index contributed by atoms with van der Waals surface area (Å²) in [6, 6.07) is 0. The minimum atomic E-state index is -0.746. The van der Waals surface area contributed by atoms with Gasteiger partial charge in [-0.1, -0.05) is 19.8 Å². The van der Waals surface area contributed by atoms with Crippen molar-refractivity contribution < 1.29 is 71.9 Å². The molecule has 0 aromatic rings. The molecule has 0 aromatic carbocycles. The summed E-state index contributed by atoms with van der Waals surface area (Å²) in [6.07, 6.45) is 2.27. The Labute approximate surface area is 141 Å². The molecule has 0 amide bonds. The molecule has 0 spiro atoms. The van der Waals surface area contributed by atoms with Gasteiger partial charge in [0.2, 0.25) is 0 Å². The van der Waals surface area contributed by atoms with Gasteiger partial charge < -0.3 is 10.9 Å². The van der Waals surface area contributed by atoms with E-state index in [2.05, 4.69) is 0 Å². The summed E-state index contributed by atoms with van der Waals surface area (Å²) in [4.78, 5) is 22.9. The normalized spacial score (nSPS) is 9.50. The fourth-order valence-electron chi connectivity index (χ4n) is 1.23. The number of ether oxygens (including phenoxy) is 2. The summed E-state index contributed by atoms with van der Waals surface area (Å²) in [5.41, 5.74) is 0. The van der Waals surface area contributed by atoms with Crippen molar-refractivity contribution in [2.45, 2.75) is 40.0 Å². The standard InChI is InChI=1S/C11H20O4.K.H/c1-4-7-8-9(10(12)14-5-2)11(13)15-6-3;;/h9H,4-8H2,1-3H3;;/q;+1;-1. The first-order chi connectivity index (χ1) is 7.17. The summed E-state index contributed by atoms with van der Waals surface area (Å²) in [6.45, 7) is 6.04. The first kappa shape index (κ1) is 18.9. The van der Waals surface area contributed by atoms with E-state index < -0.39 is 17.9 Å². The maximum atomic E-state index is 11.4. The van der Waals surface area contributed by atoms with Crippen LogP contribution in [0.15, 0.2) is 0 Å². The molecule has 0 aliphatic heterocycles. The number of carbonyl (C=O) groups excluding carboxylic acids is 2. The molecule has 0 rings (SSSR count). The van der Waals surface area contributed by atoms with Gasteiger partial charge >= 0.3 is 63.3 Å². The zero-order chi connectivity index (χ0) is 11.7. The summed E-state index contributed by atoms with van der Waals surface area (Å²) < 4.78 is 9.66. The molecular weight excluding hydrogens is 235 g/mol. The van der Waals surface area contributed by atoms with Gasteiger partial charge in [0, 0.05) is 0 Å². The predicted octanol–water partition coefficient (Wildman–Crippen LogP) is -0.964. The SMILES string of the molecule is CCCCC(C(=O)OCC)C(=O)OCC.[H-].[K+]. The van der Waals surface area contributed by atoms with E-state index >= 15 is 0 Å². The molecule has 0 aliphatic rings. The van der Waals surface area contributed by atoms with Crippen molar-refractivity contribution in [2.24, 2.45) is 5.92 Å². The van der Waals surface area contributed by atoms with Gasteiger partial charge in [-0.3, -0.25) is 9.59 Å². The predicted molar refractivity (Wildman–Crippen MR) is 57.4 cm³/mol. The second-order valence-electron chi connectivity index (χ2n) is 3.20. The van der Waals surface area contributed by atoms with Crippen LogP contribution in [0.25, 0.3) is 0 Å². The zero-order valence-electron chi connectivity index (χ0n) is 11.7. The van der Waals surface area contributed by atoms with E-state index in [0.717, 1.165) is 12.8 Å². The van der Waals surface area contributed by atoms with Crippen LogP contribution in [0.1, 0.15) is 41.5 Å². The largest absolute Gasteiger partial charge is 1.00 e. The summed E-state index contributed by atoms with van der Waals surface area (Å²) in [7, 11) is 0. The van der Waals surface area contributed by atoms with Gasteiger partial charge in [-0.2, -0.15) is 0 Å². The van der Waals surface area contributed by atoms with E-state index in [9.17, 15) is 9.59 Å². The molecule has 0 heterocycles. The molecule has 90 valence electrons. The molecule has 16 heavy (non-hydrogen) atoms. The van der Waals surface area contributed by atoms with Crippen LogP contribution >= 0.6 is 0 Å². The molecule has 0 N–H and O–H groups in total. The van der Waals surface area contributed by atoms with Crippen molar-refractivity contribution in [3.63, 3.8) is 0 Å². The van der Waals surface area contributed by atoms with Gasteiger partial charge in [0.25, 0.3) is 0 Å². The van der Waals surface area contributed by atoms with Crippen LogP contribution in [0.4, 0.5) is 0 Å². The van der Waals surface area contributed by atoms with Crippen molar-refractivity contribution in [1.29, 1.82) is 0 Å². The number of carbonyl (C=O) groups is 2. The summed E-state index contributed by atoms with van der Waals surface area (Å²) >= 11 is 0. The third-order valence-electron chi connectivity index (χ3n) is 1.99. The minimum absolute atomic E-state index is 0. The van der Waals surface area contributed by atoms with Crippen LogP contribution in [-0.4, -0.2) is 25.2 Å². The number of esters is 2. The van der Waals surface area contributed by atoms with E-state index in [4.69, 9.17) is 9.47 Å². The average Bonchev–Trinajstić information content (AvgIpc) is 2.19. The molecule has 0 saturated heterocycles. The smallest absolute Gasteiger partial charge is 1.00 e. The molecule has 0 aromatic heterocycles. The van der Waals surface area contributed by atoms with E-state index in [1.165, 1.54) is 0 Å². The number of hydrogen-bond donors (Lipinski definition) is 0. The topological polar surface area (TPSA) is 52.6 Å². The van der Waals surface area contributed by atoms with Crippen LogP contribution < -0.4 is 51.4 Å². The Kier molecular flexibility index (Phi) is 14.2. The van der Waals surface area contributed by atoms with Crippen molar-refractivity contribution >= 4 is 11.9 Å². The number of hydrogen-bond acceptors (Lipinski definition) is 4. The minimum Gasteiger partial charge on any atom is -1.00 e. The van der Waals surface area contributed by atoms with Crippen molar-refractivity contribution in [2.75, 3.05) is 13.2 Å². The maximum absolute atomic E-state index is 11.4. The number of unbranched alkanes of at least 4 members (excludes halogenated alkanes) is 1.